The Kier molecular flexibility index (Phi) is 5.14. The van der Waals surface area contributed by atoms with Gasteiger partial charge in [0.15, 0.2) is 17.3 Å². The lowest BCUT2D eigenvalue weighted by Gasteiger charge is -2.28. The third kappa shape index (κ3) is 4.01. The Labute approximate surface area is 137 Å². The summed E-state index contributed by atoms with van der Waals surface area (Å²) in [5.74, 6) is 0.0657. The molecule has 0 aliphatic carbocycles. The fourth-order valence-corrected chi connectivity index (χ4v) is 3.21. The molecule has 0 radical (unpaired) electrons. The third-order valence-corrected chi connectivity index (χ3v) is 4.69. The lowest BCUT2D eigenvalue weighted by Crippen LogP contribution is -2.29. The molecule has 0 atom stereocenters. The fourth-order valence-electron chi connectivity index (χ4n) is 2.63. The minimum Gasteiger partial charge on any atom is -0.371 e. The van der Waals surface area contributed by atoms with E-state index in [1.54, 1.807) is 6.07 Å². The molecule has 0 spiro atoms. The molecule has 23 heavy (non-hydrogen) atoms. The largest absolute Gasteiger partial charge is 0.371 e. The number of hydrogen-bond donors (Lipinski definition) is 3. The Morgan fingerprint density at radius 2 is 2.00 bits per heavy atom. The molecule has 3 rings (SSSR count). The molecule has 0 amide bonds. The van der Waals surface area contributed by atoms with Gasteiger partial charge in [-0.3, -0.25) is 0 Å². The van der Waals surface area contributed by atoms with E-state index < -0.39 is 6.29 Å². The maximum Gasteiger partial charge on any atom is 0.189 e. The van der Waals surface area contributed by atoms with E-state index in [9.17, 15) is 4.39 Å². The van der Waals surface area contributed by atoms with Gasteiger partial charge in [0.25, 0.3) is 0 Å². The molecule has 1 fully saturated rings. The summed E-state index contributed by atoms with van der Waals surface area (Å²) in [5, 5.41) is 25.9. The number of hydrogen-bond acceptors (Lipinski definition) is 6. The normalized spacial score (nSPS) is 15.4. The molecule has 2 aromatic rings. The molecule has 1 aliphatic rings. The first kappa shape index (κ1) is 16.2. The lowest BCUT2D eigenvalue weighted by molar-refractivity contribution is -0.0186. The van der Waals surface area contributed by atoms with E-state index in [0.29, 0.717) is 16.5 Å². The standard InChI is InChI=1S/C15H19FN4O2S/c16-12-8-10(20-6-2-1-3-7-20)4-5-11(12)14-17-15(19-18-14)23-9-13(21)22/h4-5,8,13,21-22H,1-3,6-7,9H2,(H,17,18,19). The average Bonchev–Trinajstić information content (AvgIpc) is 3.02. The molecule has 124 valence electrons. The molecular weight excluding hydrogens is 319 g/mol. The number of halogens is 1. The van der Waals surface area contributed by atoms with Crippen LogP contribution in [-0.2, 0) is 0 Å². The highest BCUT2D eigenvalue weighted by atomic mass is 32.2. The van der Waals surface area contributed by atoms with Gasteiger partial charge in [-0.15, -0.1) is 10.2 Å². The van der Waals surface area contributed by atoms with Crippen LogP contribution in [0.4, 0.5) is 10.1 Å². The number of piperidine rings is 1. The van der Waals surface area contributed by atoms with Gasteiger partial charge < -0.3 is 20.1 Å². The smallest absolute Gasteiger partial charge is 0.189 e. The number of benzene rings is 1. The fraction of sp³-hybridized carbons (Fsp3) is 0.467. The van der Waals surface area contributed by atoms with Gasteiger partial charge in [0.1, 0.15) is 5.82 Å². The van der Waals surface area contributed by atoms with Crippen LogP contribution in [0.3, 0.4) is 0 Å². The van der Waals surface area contributed by atoms with Crippen LogP contribution in [0, 0.1) is 5.82 Å². The van der Waals surface area contributed by atoms with Gasteiger partial charge in [0, 0.05) is 18.8 Å². The van der Waals surface area contributed by atoms with Gasteiger partial charge in [-0.05, 0) is 37.5 Å². The zero-order valence-corrected chi connectivity index (χ0v) is 13.4. The minimum absolute atomic E-state index is 0.0744. The van der Waals surface area contributed by atoms with Crippen LogP contribution in [0.2, 0.25) is 0 Å². The van der Waals surface area contributed by atoms with Crippen LogP contribution in [0.1, 0.15) is 19.3 Å². The maximum atomic E-state index is 14.4. The molecule has 0 saturated carbocycles. The van der Waals surface area contributed by atoms with Gasteiger partial charge in [-0.25, -0.2) is 4.39 Å². The first-order valence-electron chi connectivity index (χ1n) is 7.60. The number of thioether (sulfide) groups is 1. The predicted molar refractivity (Wildman–Crippen MR) is 86.8 cm³/mol. The summed E-state index contributed by atoms with van der Waals surface area (Å²) in [5.41, 5.74) is 1.25. The molecular formula is C15H19FN4O2S. The minimum atomic E-state index is -1.42. The van der Waals surface area contributed by atoms with Gasteiger partial charge in [-0.2, -0.15) is 0 Å². The van der Waals surface area contributed by atoms with E-state index in [1.165, 1.54) is 12.5 Å². The topological polar surface area (TPSA) is 85.3 Å². The Morgan fingerprint density at radius 3 is 2.70 bits per heavy atom. The molecule has 0 bridgehead atoms. The molecule has 1 aliphatic heterocycles. The number of H-pyrrole nitrogens is 1. The number of nitrogens with one attached hydrogen (secondary N) is 1. The highest BCUT2D eigenvalue weighted by Crippen LogP contribution is 2.27. The Balaban J connectivity index is 1.75. The molecule has 1 aromatic heterocycles. The highest BCUT2D eigenvalue weighted by molar-refractivity contribution is 7.99. The van der Waals surface area contributed by atoms with Crippen LogP contribution in [-0.4, -0.2) is 50.5 Å². The van der Waals surface area contributed by atoms with Crippen LogP contribution >= 0.6 is 11.8 Å². The quantitative estimate of drug-likeness (QED) is 0.571. The summed E-state index contributed by atoms with van der Waals surface area (Å²) in [6.45, 7) is 1.93. The van der Waals surface area contributed by atoms with Crippen LogP contribution in [0.15, 0.2) is 23.4 Å². The second-order valence-corrected chi connectivity index (χ2v) is 6.49. The van der Waals surface area contributed by atoms with Gasteiger partial charge in [0.2, 0.25) is 0 Å². The number of aliphatic hydroxyl groups is 2. The predicted octanol–water partition coefficient (Wildman–Crippen LogP) is 2.00. The van der Waals surface area contributed by atoms with Crippen LogP contribution < -0.4 is 4.90 Å². The molecule has 1 saturated heterocycles. The maximum absolute atomic E-state index is 14.4. The summed E-state index contributed by atoms with van der Waals surface area (Å²) in [7, 11) is 0. The average molecular weight is 338 g/mol. The highest BCUT2D eigenvalue weighted by Gasteiger charge is 2.16. The molecule has 2 heterocycles. The molecule has 1 aromatic carbocycles. The first-order valence-corrected chi connectivity index (χ1v) is 8.58. The molecule has 8 heteroatoms. The van der Waals surface area contributed by atoms with E-state index in [-0.39, 0.29) is 11.6 Å². The summed E-state index contributed by atoms with van der Waals surface area (Å²) in [4.78, 5) is 5.08. The van der Waals surface area contributed by atoms with Crippen molar-refractivity contribution in [2.45, 2.75) is 30.7 Å². The van der Waals surface area contributed by atoms with E-state index in [2.05, 4.69) is 20.1 Å². The van der Waals surface area contributed by atoms with E-state index in [0.717, 1.165) is 43.4 Å². The lowest BCUT2D eigenvalue weighted by atomic mass is 10.1. The summed E-state index contributed by atoms with van der Waals surface area (Å²) in [6.07, 6.45) is 2.10. The molecule has 0 unspecified atom stereocenters. The van der Waals surface area contributed by atoms with Crippen LogP contribution in [0.5, 0.6) is 0 Å². The SMILES string of the molecule is OC(O)CSc1nnc(-c2ccc(N3CCCCC3)cc2F)[nH]1. The summed E-state index contributed by atoms with van der Waals surface area (Å²) < 4.78 is 14.4. The van der Waals surface area contributed by atoms with Crippen molar-refractivity contribution in [1.82, 2.24) is 15.2 Å². The van der Waals surface area contributed by atoms with Crippen molar-refractivity contribution >= 4 is 17.4 Å². The third-order valence-electron chi connectivity index (χ3n) is 3.76. The number of rotatable bonds is 5. The van der Waals surface area contributed by atoms with Crippen molar-refractivity contribution in [2.75, 3.05) is 23.7 Å². The van der Waals surface area contributed by atoms with Crippen molar-refractivity contribution in [2.24, 2.45) is 0 Å². The molecule has 6 nitrogen and oxygen atoms in total. The zero-order valence-electron chi connectivity index (χ0n) is 12.6. The number of aromatic amines is 1. The van der Waals surface area contributed by atoms with Gasteiger partial charge >= 0.3 is 0 Å². The number of nitrogens with zero attached hydrogens (tertiary/aromatic N) is 3. The Morgan fingerprint density at radius 1 is 1.22 bits per heavy atom. The van der Waals surface area contributed by atoms with Crippen molar-refractivity contribution in [3.63, 3.8) is 0 Å². The van der Waals surface area contributed by atoms with Gasteiger partial charge in [0.05, 0.1) is 11.3 Å². The molecule has 3 N–H and O–H groups in total. The van der Waals surface area contributed by atoms with Crippen LogP contribution in [0.25, 0.3) is 11.4 Å². The second kappa shape index (κ2) is 7.29. The summed E-state index contributed by atoms with van der Waals surface area (Å²) in [6, 6.07) is 5.14. The number of anilines is 1. The van der Waals surface area contributed by atoms with Crippen molar-refractivity contribution in [3.8, 4) is 11.4 Å². The van der Waals surface area contributed by atoms with Crippen molar-refractivity contribution < 1.29 is 14.6 Å². The van der Waals surface area contributed by atoms with E-state index in [4.69, 9.17) is 10.2 Å². The number of aliphatic hydroxyl groups excluding tert-OH is 1. The summed E-state index contributed by atoms with van der Waals surface area (Å²) >= 11 is 1.12. The zero-order chi connectivity index (χ0) is 16.2. The first-order chi connectivity index (χ1) is 11.1. The van der Waals surface area contributed by atoms with Crippen molar-refractivity contribution in [3.05, 3.63) is 24.0 Å². The Hall–Kier alpha value is -1.64. The van der Waals surface area contributed by atoms with E-state index >= 15 is 0 Å². The van der Waals surface area contributed by atoms with E-state index in [1.807, 2.05) is 6.07 Å². The second-order valence-electron chi connectivity index (χ2n) is 5.48. The Bertz CT molecular complexity index is 659. The number of aromatic nitrogens is 3. The monoisotopic (exact) mass is 338 g/mol. The van der Waals surface area contributed by atoms with Gasteiger partial charge in [-0.1, -0.05) is 11.8 Å². The van der Waals surface area contributed by atoms with Crippen molar-refractivity contribution in [1.29, 1.82) is 0 Å².